The number of imidazole rings is 1. The fraction of sp³-hybridized carbons (Fsp3) is 0.296. The van der Waals surface area contributed by atoms with Gasteiger partial charge in [-0.25, -0.2) is 14.4 Å². The summed E-state index contributed by atoms with van der Waals surface area (Å²) in [5, 5.41) is 12.3. The summed E-state index contributed by atoms with van der Waals surface area (Å²) in [7, 11) is 1.44. The van der Waals surface area contributed by atoms with Crippen LogP contribution in [0.15, 0.2) is 54.9 Å². The first-order valence-corrected chi connectivity index (χ1v) is 12.2. The number of fused-ring (bicyclic) bond motifs is 1. The Bertz CT molecular complexity index is 1410. The Hall–Kier alpha value is -4.18. The van der Waals surface area contributed by atoms with Gasteiger partial charge in [0.25, 0.3) is 5.91 Å². The van der Waals surface area contributed by atoms with E-state index in [4.69, 9.17) is 15.5 Å². The predicted molar refractivity (Wildman–Crippen MR) is 139 cm³/mol. The maximum atomic E-state index is 13.6. The Balaban J connectivity index is 1.36. The number of methoxy groups -OCH3 is 1. The molecule has 1 amide bonds. The summed E-state index contributed by atoms with van der Waals surface area (Å²) in [5.74, 6) is 0.896. The van der Waals surface area contributed by atoms with Crippen molar-refractivity contribution in [3.05, 3.63) is 71.8 Å². The van der Waals surface area contributed by atoms with Crippen molar-refractivity contribution in [2.75, 3.05) is 37.4 Å². The van der Waals surface area contributed by atoms with Crippen LogP contribution in [-0.4, -0.2) is 52.2 Å². The number of aliphatic hydroxyl groups is 1. The SMILES string of the molecule is COc1ccc(F)cc1C(=O)NCc1ccc(-c2nc(N3CCC(CO)CC3)n3ccnc(N)c23)cc1. The summed E-state index contributed by atoms with van der Waals surface area (Å²) < 4.78 is 20.8. The summed E-state index contributed by atoms with van der Waals surface area (Å²) in [6.45, 7) is 2.08. The Kier molecular flexibility index (Phi) is 6.91. The number of hydrogen-bond acceptors (Lipinski definition) is 7. The van der Waals surface area contributed by atoms with Gasteiger partial charge in [-0.15, -0.1) is 0 Å². The molecule has 3 heterocycles. The minimum absolute atomic E-state index is 0.141. The van der Waals surface area contributed by atoms with Crippen LogP contribution in [0.3, 0.4) is 0 Å². The molecule has 10 heteroatoms. The van der Waals surface area contributed by atoms with Gasteiger partial charge in [0.1, 0.15) is 28.6 Å². The van der Waals surface area contributed by atoms with E-state index in [0.717, 1.165) is 60.3 Å². The molecule has 2 aromatic carbocycles. The van der Waals surface area contributed by atoms with E-state index >= 15 is 0 Å². The molecule has 0 unspecified atom stereocenters. The van der Waals surface area contributed by atoms with E-state index in [2.05, 4.69) is 15.2 Å². The highest BCUT2D eigenvalue weighted by Crippen LogP contribution is 2.33. The van der Waals surface area contributed by atoms with Crippen LogP contribution in [-0.2, 0) is 6.54 Å². The molecule has 1 saturated heterocycles. The van der Waals surface area contributed by atoms with Crippen molar-refractivity contribution in [2.24, 2.45) is 5.92 Å². The van der Waals surface area contributed by atoms with Crippen LogP contribution in [0.2, 0.25) is 0 Å². The van der Waals surface area contributed by atoms with E-state index in [1.54, 1.807) is 6.20 Å². The first kappa shape index (κ1) is 24.5. The molecule has 192 valence electrons. The average Bonchev–Trinajstić information content (AvgIpc) is 3.33. The number of aliphatic hydroxyl groups excluding tert-OH is 1. The van der Waals surface area contributed by atoms with Crippen LogP contribution in [0.25, 0.3) is 16.8 Å². The number of hydrogen-bond donors (Lipinski definition) is 3. The number of carbonyl (C=O) groups excluding carboxylic acids is 1. The standard InChI is InChI=1S/C27H29FN6O3/c1-37-22-7-6-20(28)14-21(22)26(36)31-15-17-2-4-19(5-3-17)23-24-25(29)30-10-13-34(24)27(32-23)33-11-8-18(16-35)9-12-33/h2-7,10,13-14,18,35H,8-9,11-12,15-16H2,1H3,(H2,29,30)(H,31,36). The molecule has 1 fully saturated rings. The molecule has 0 atom stereocenters. The Labute approximate surface area is 213 Å². The van der Waals surface area contributed by atoms with E-state index in [1.165, 1.54) is 19.2 Å². The second kappa shape index (κ2) is 10.4. The smallest absolute Gasteiger partial charge is 0.255 e. The molecule has 0 spiro atoms. The Morgan fingerprint density at radius 3 is 2.68 bits per heavy atom. The summed E-state index contributed by atoms with van der Waals surface area (Å²) in [5.41, 5.74) is 9.62. The zero-order chi connectivity index (χ0) is 25.9. The number of rotatable bonds is 7. The number of aromatic nitrogens is 3. The van der Waals surface area contributed by atoms with Gasteiger partial charge in [0.2, 0.25) is 5.95 Å². The second-order valence-electron chi connectivity index (χ2n) is 9.13. The molecule has 0 bridgehead atoms. The topological polar surface area (TPSA) is 118 Å². The van der Waals surface area contributed by atoms with Gasteiger partial charge >= 0.3 is 0 Å². The lowest BCUT2D eigenvalue weighted by Crippen LogP contribution is -2.35. The highest BCUT2D eigenvalue weighted by molar-refractivity contribution is 5.97. The summed E-state index contributed by atoms with van der Waals surface area (Å²) >= 11 is 0. The lowest BCUT2D eigenvalue weighted by Gasteiger charge is -2.31. The third-order valence-electron chi connectivity index (χ3n) is 6.81. The minimum atomic E-state index is -0.506. The van der Waals surface area contributed by atoms with E-state index < -0.39 is 11.7 Å². The van der Waals surface area contributed by atoms with Gasteiger partial charge in [0.05, 0.1) is 12.7 Å². The summed E-state index contributed by atoms with van der Waals surface area (Å²) in [6.07, 6.45) is 5.34. The van der Waals surface area contributed by atoms with Gasteiger partial charge in [-0.05, 0) is 42.5 Å². The van der Waals surface area contributed by atoms with Gasteiger partial charge in [0, 0.05) is 44.2 Å². The number of halogens is 1. The zero-order valence-corrected chi connectivity index (χ0v) is 20.5. The molecule has 1 aliphatic rings. The number of benzene rings is 2. The zero-order valence-electron chi connectivity index (χ0n) is 20.5. The molecular weight excluding hydrogens is 475 g/mol. The number of anilines is 2. The largest absolute Gasteiger partial charge is 0.496 e. The molecule has 4 aromatic rings. The van der Waals surface area contributed by atoms with Gasteiger partial charge in [0.15, 0.2) is 0 Å². The highest BCUT2D eigenvalue weighted by Gasteiger charge is 2.24. The predicted octanol–water partition coefficient (Wildman–Crippen LogP) is 3.26. The first-order valence-electron chi connectivity index (χ1n) is 12.2. The van der Waals surface area contributed by atoms with Crippen LogP contribution in [0.1, 0.15) is 28.8 Å². The molecule has 5 rings (SSSR count). The van der Waals surface area contributed by atoms with Gasteiger partial charge < -0.3 is 25.8 Å². The molecule has 4 N–H and O–H groups in total. The lowest BCUT2D eigenvalue weighted by atomic mass is 9.98. The fourth-order valence-electron chi connectivity index (χ4n) is 4.70. The molecule has 0 radical (unpaired) electrons. The van der Waals surface area contributed by atoms with Crippen molar-refractivity contribution < 1.29 is 19.0 Å². The number of nitrogen functional groups attached to an aromatic ring is 1. The number of ether oxygens (including phenoxy) is 1. The number of nitrogens with two attached hydrogens (primary N) is 1. The molecule has 37 heavy (non-hydrogen) atoms. The van der Waals surface area contributed by atoms with E-state index in [9.17, 15) is 14.3 Å². The summed E-state index contributed by atoms with van der Waals surface area (Å²) in [4.78, 5) is 24.0. The van der Waals surface area contributed by atoms with Crippen LogP contribution >= 0.6 is 0 Å². The van der Waals surface area contributed by atoms with Crippen molar-refractivity contribution >= 4 is 23.2 Å². The molecule has 1 aliphatic heterocycles. The van der Waals surface area contributed by atoms with Gasteiger partial charge in [-0.2, -0.15) is 0 Å². The molecular formula is C27H29FN6O3. The average molecular weight is 505 g/mol. The van der Waals surface area contributed by atoms with Crippen LogP contribution in [0.5, 0.6) is 5.75 Å². The number of nitrogens with one attached hydrogen (secondary N) is 1. The van der Waals surface area contributed by atoms with Crippen LogP contribution in [0, 0.1) is 11.7 Å². The quantitative estimate of drug-likeness (QED) is 0.354. The Morgan fingerprint density at radius 2 is 1.97 bits per heavy atom. The van der Waals surface area contributed by atoms with E-state index in [-0.39, 0.29) is 18.7 Å². The third-order valence-corrected chi connectivity index (χ3v) is 6.81. The van der Waals surface area contributed by atoms with Gasteiger partial charge in [-0.3, -0.25) is 9.20 Å². The first-order chi connectivity index (χ1) is 18.0. The van der Waals surface area contributed by atoms with Crippen LogP contribution < -0.4 is 20.7 Å². The number of piperidine rings is 1. The normalized spacial score (nSPS) is 14.2. The highest BCUT2D eigenvalue weighted by atomic mass is 19.1. The molecule has 9 nitrogen and oxygen atoms in total. The maximum absolute atomic E-state index is 13.6. The lowest BCUT2D eigenvalue weighted by molar-refractivity contribution is 0.0947. The molecule has 2 aromatic heterocycles. The number of carbonyl (C=O) groups is 1. The Morgan fingerprint density at radius 1 is 1.22 bits per heavy atom. The van der Waals surface area contributed by atoms with Crippen molar-refractivity contribution in [2.45, 2.75) is 19.4 Å². The van der Waals surface area contributed by atoms with E-state index in [1.807, 2.05) is 34.9 Å². The fourth-order valence-corrected chi connectivity index (χ4v) is 4.70. The number of amides is 1. The van der Waals surface area contributed by atoms with Crippen molar-refractivity contribution in [3.8, 4) is 17.0 Å². The third kappa shape index (κ3) is 4.92. The minimum Gasteiger partial charge on any atom is -0.496 e. The van der Waals surface area contributed by atoms with Gasteiger partial charge in [-0.1, -0.05) is 24.3 Å². The molecule has 0 saturated carbocycles. The summed E-state index contributed by atoms with van der Waals surface area (Å²) in [6, 6.07) is 11.5. The maximum Gasteiger partial charge on any atom is 0.255 e. The van der Waals surface area contributed by atoms with E-state index in [0.29, 0.717) is 17.5 Å². The van der Waals surface area contributed by atoms with Crippen molar-refractivity contribution in [1.29, 1.82) is 0 Å². The van der Waals surface area contributed by atoms with Crippen molar-refractivity contribution in [3.63, 3.8) is 0 Å². The second-order valence-corrected chi connectivity index (χ2v) is 9.13. The molecule has 0 aliphatic carbocycles. The number of nitrogens with zero attached hydrogens (tertiary/aromatic N) is 4. The van der Waals surface area contributed by atoms with Crippen molar-refractivity contribution in [1.82, 2.24) is 19.7 Å². The van der Waals surface area contributed by atoms with Crippen LogP contribution in [0.4, 0.5) is 16.2 Å². The monoisotopic (exact) mass is 504 g/mol.